The molecule has 0 unspecified atom stereocenters. The quantitative estimate of drug-likeness (QED) is 0.0378. The van der Waals surface area contributed by atoms with Gasteiger partial charge in [-0.15, -0.1) is 0 Å². The van der Waals surface area contributed by atoms with Crippen molar-refractivity contribution in [3.8, 4) is 23.0 Å². The molecular weight excluding hydrogens is 905 g/mol. The molecule has 0 aromatic heterocycles. The van der Waals surface area contributed by atoms with E-state index < -0.39 is 36.7 Å². The number of hydrogen-bond donors (Lipinski definition) is 2. The standard InChI is InChI=1S/C62H92O10/c1-44(2)22-14-23-45(3)24-15-25-46(4)26-16-27-47(5)28-17-29-48(6)30-18-31-49(7)32-19-33-50(8)34-20-35-51(9)36-21-37-52(10)38-39-54-53(11)59(71-57(67)42-40-55(63)64)61(69-12)62(70-13)60(54)72-58(68)43-41-56(65)66/h22,24,26,28,30,32,34,36,38H,14-21,23,25,27,29,31,33,35,37,39-43H2,1-13H3,(H,63,64)(H,65,66)/b45-24+,46-26+,47-28+,48-30+,49-32+,50-34+,51-36+,52-38+. The van der Waals surface area contributed by atoms with Crippen LogP contribution in [0.2, 0.25) is 0 Å². The topological polar surface area (TPSA) is 146 Å². The van der Waals surface area contributed by atoms with E-state index in [0.717, 1.165) is 108 Å². The molecule has 2 N–H and O–H groups in total. The fourth-order valence-corrected chi connectivity index (χ4v) is 7.92. The van der Waals surface area contributed by atoms with Crippen LogP contribution in [-0.2, 0) is 25.6 Å². The van der Waals surface area contributed by atoms with Crippen LogP contribution in [0.25, 0.3) is 0 Å². The minimum atomic E-state index is -1.14. The second-order valence-electron chi connectivity index (χ2n) is 19.8. The van der Waals surface area contributed by atoms with E-state index in [-0.39, 0.29) is 42.3 Å². The van der Waals surface area contributed by atoms with Crippen LogP contribution in [0.3, 0.4) is 0 Å². The van der Waals surface area contributed by atoms with Crippen molar-refractivity contribution in [2.45, 2.75) is 211 Å². The molecule has 72 heavy (non-hydrogen) atoms. The lowest BCUT2D eigenvalue weighted by Crippen LogP contribution is -2.16. The molecule has 0 fully saturated rings. The molecule has 1 aromatic carbocycles. The fraction of sp³-hybridized carbons (Fsp3) is 0.548. The second-order valence-corrected chi connectivity index (χ2v) is 19.8. The highest BCUT2D eigenvalue weighted by Gasteiger charge is 2.29. The first kappa shape index (κ1) is 64.4. The molecule has 1 aromatic rings. The van der Waals surface area contributed by atoms with Crippen LogP contribution >= 0.6 is 0 Å². The maximum absolute atomic E-state index is 12.8. The average Bonchev–Trinajstić information content (AvgIpc) is 3.30. The molecule has 0 radical (unpaired) electrons. The molecule has 0 heterocycles. The molecule has 0 aliphatic carbocycles. The Morgan fingerprint density at radius 3 is 0.903 bits per heavy atom. The summed E-state index contributed by atoms with van der Waals surface area (Å²) in [4.78, 5) is 47.7. The fourth-order valence-electron chi connectivity index (χ4n) is 7.92. The number of allylic oxidation sites excluding steroid dienone is 18. The van der Waals surface area contributed by atoms with Crippen LogP contribution in [-0.4, -0.2) is 48.3 Å². The minimum absolute atomic E-state index is 0.0114. The number of carbonyl (C=O) groups is 4. The lowest BCUT2D eigenvalue weighted by molar-refractivity contribution is -0.142. The predicted octanol–water partition coefficient (Wildman–Crippen LogP) is 16.9. The predicted molar refractivity (Wildman–Crippen MR) is 296 cm³/mol. The van der Waals surface area contributed by atoms with Gasteiger partial charge < -0.3 is 29.2 Å². The third-order valence-electron chi connectivity index (χ3n) is 12.6. The first-order valence-corrected chi connectivity index (χ1v) is 26.2. The van der Waals surface area contributed by atoms with Gasteiger partial charge in [0.25, 0.3) is 0 Å². The summed E-state index contributed by atoms with van der Waals surface area (Å²) in [6.45, 7) is 23.7. The van der Waals surface area contributed by atoms with Gasteiger partial charge in [0.15, 0.2) is 11.5 Å². The van der Waals surface area contributed by atoms with Crippen molar-refractivity contribution in [2.24, 2.45) is 0 Å². The highest BCUT2D eigenvalue weighted by atomic mass is 16.6. The third-order valence-corrected chi connectivity index (χ3v) is 12.6. The number of carboxylic acids is 2. The zero-order chi connectivity index (χ0) is 54.0. The maximum atomic E-state index is 12.8. The largest absolute Gasteiger partial charge is 0.490 e. The summed E-state index contributed by atoms with van der Waals surface area (Å²) >= 11 is 0. The van der Waals surface area contributed by atoms with E-state index in [9.17, 15) is 19.2 Å². The minimum Gasteiger partial charge on any atom is -0.490 e. The Hall–Kier alpha value is -5.64. The monoisotopic (exact) mass is 997 g/mol. The number of ether oxygens (including phenoxy) is 4. The summed E-state index contributed by atoms with van der Waals surface area (Å²) in [5.74, 6) is -3.83. The van der Waals surface area contributed by atoms with E-state index in [1.54, 1.807) is 6.92 Å². The van der Waals surface area contributed by atoms with Crippen LogP contribution in [0.4, 0.5) is 0 Å². The summed E-state index contributed by atoms with van der Waals surface area (Å²) in [5.41, 5.74) is 13.6. The van der Waals surface area contributed by atoms with Gasteiger partial charge in [0.2, 0.25) is 11.5 Å². The van der Waals surface area contributed by atoms with Crippen LogP contribution in [0.1, 0.15) is 209 Å². The molecule has 0 saturated carbocycles. The normalized spacial score (nSPS) is 13.3. The molecule has 400 valence electrons. The van der Waals surface area contributed by atoms with Crippen molar-refractivity contribution in [1.29, 1.82) is 0 Å². The third kappa shape index (κ3) is 29.6. The Morgan fingerprint density at radius 2 is 0.625 bits per heavy atom. The first-order chi connectivity index (χ1) is 34.2. The number of aliphatic carboxylic acids is 2. The van der Waals surface area contributed by atoms with E-state index in [4.69, 9.17) is 29.2 Å². The molecule has 10 nitrogen and oxygen atoms in total. The smallest absolute Gasteiger partial charge is 0.311 e. The Morgan fingerprint density at radius 1 is 0.361 bits per heavy atom. The van der Waals surface area contributed by atoms with Crippen molar-refractivity contribution in [3.63, 3.8) is 0 Å². The molecule has 10 heteroatoms. The van der Waals surface area contributed by atoms with E-state index in [1.807, 2.05) is 13.0 Å². The zero-order valence-electron chi connectivity index (χ0n) is 46.7. The van der Waals surface area contributed by atoms with Crippen LogP contribution in [0, 0.1) is 6.92 Å². The van der Waals surface area contributed by atoms with Gasteiger partial charge in [-0.1, -0.05) is 105 Å². The molecule has 1 rings (SSSR count). The van der Waals surface area contributed by atoms with Crippen molar-refractivity contribution >= 4 is 23.9 Å². The van der Waals surface area contributed by atoms with Crippen molar-refractivity contribution < 1.29 is 48.3 Å². The van der Waals surface area contributed by atoms with Gasteiger partial charge in [-0.25, -0.2) is 0 Å². The molecule has 0 aliphatic heterocycles. The van der Waals surface area contributed by atoms with E-state index in [0.29, 0.717) is 11.1 Å². The summed E-state index contributed by atoms with van der Waals surface area (Å²) in [6.07, 6.45) is 36.8. The zero-order valence-corrected chi connectivity index (χ0v) is 46.7. The number of carbonyl (C=O) groups excluding carboxylic acids is 2. The van der Waals surface area contributed by atoms with Gasteiger partial charge in [0.1, 0.15) is 0 Å². The van der Waals surface area contributed by atoms with Gasteiger partial charge in [-0.3, -0.25) is 19.2 Å². The Kier molecular flexibility index (Phi) is 33.2. The lowest BCUT2D eigenvalue weighted by atomic mass is 9.99. The summed E-state index contributed by atoms with van der Waals surface area (Å²) in [5, 5.41) is 18.2. The second kappa shape index (κ2) is 37.2. The van der Waals surface area contributed by atoms with Gasteiger partial charge in [0, 0.05) is 11.1 Å². The highest BCUT2D eigenvalue weighted by Crippen LogP contribution is 2.50. The van der Waals surface area contributed by atoms with Crippen LogP contribution < -0.4 is 18.9 Å². The Balaban J connectivity index is 2.67. The van der Waals surface area contributed by atoms with Crippen molar-refractivity contribution in [1.82, 2.24) is 0 Å². The van der Waals surface area contributed by atoms with Crippen molar-refractivity contribution in [3.05, 3.63) is 116 Å². The number of esters is 2. The SMILES string of the molecule is COc1c(OC(=O)CCC(=O)O)c(C)c(C/C=C(\C)CC/C=C(\C)CC/C=C(\C)CC/C=C(\C)CC/C=C(\C)CC/C=C(\C)CC/C=C(\C)CC/C=C(\C)CCC=C(C)C)c(OC(=O)CCC(=O)O)c1OC. The molecule has 0 spiro atoms. The molecular formula is C62H92O10. The maximum Gasteiger partial charge on any atom is 0.311 e. The molecule has 0 amide bonds. The van der Waals surface area contributed by atoms with Crippen LogP contribution in [0.15, 0.2) is 105 Å². The molecule has 0 bridgehead atoms. The molecule has 0 aliphatic rings. The number of rotatable bonds is 36. The van der Waals surface area contributed by atoms with Crippen molar-refractivity contribution in [2.75, 3.05) is 14.2 Å². The summed E-state index contributed by atoms with van der Waals surface area (Å²) in [7, 11) is 2.67. The highest BCUT2D eigenvalue weighted by molar-refractivity contribution is 5.82. The lowest BCUT2D eigenvalue weighted by Gasteiger charge is -2.22. The summed E-state index contributed by atoms with van der Waals surface area (Å²) in [6, 6.07) is 0. The average molecular weight is 997 g/mol. The van der Waals surface area contributed by atoms with Gasteiger partial charge in [0.05, 0.1) is 39.9 Å². The van der Waals surface area contributed by atoms with Gasteiger partial charge >= 0.3 is 23.9 Å². The van der Waals surface area contributed by atoms with E-state index in [2.05, 4.69) is 111 Å². The molecule has 0 atom stereocenters. The number of benzene rings is 1. The number of methoxy groups -OCH3 is 2. The van der Waals surface area contributed by atoms with Gasteiger partial charge in [-0.2, -0.15) is 0 Å². The number of carboxylic acid groups (broad SMARTS) is 2. The van der Waals surface area contributed by atoms with E-state index >= 15 is 0 Å². The Labute approximate surface area is 434 Å². The molecule has 0 saturated heterocycles. The summed E-state index contributed by atoms with van der Waals surface area (Å²) < 4.78 is 22.4. The Bertz CT molecular complexity index is 2200. The van der Waals surface area contributed by atoms with E-state index in [1.165, 1.54) is 58.8 Å². The van der Waals surface area contributed by atoms with Crippen LogP contribution in [0.5, 0.6) is 23.0 Å². The van der Waals surface area contributed by atoms with Gasteiger partial charge in [-0.05, 0) is 185 Å². The number of hydrogen-bond acceptors (Lipinski definition) is 8. The first-order valence-electron chi connectivity index (χ1n) is 26.2.